The molecule has 0 aliphatic carbocycles. The lowest BCUT2D eigenvalue weighted by Gasteiger charge is -2.16. The molecule has 1 unspecified atom stereocenters. The van der Waals surface area contributed by atoms with Gasteiger partial charge in [-0.05, 0) is 24.5 Å². The van der Waals surface area contributed by atoms with Gasteiger partial charge in [-0.15, -0.1) is 0 Å². The summed E-state index contributed by atoms with van der Waals surface area (Å²) in [5.41, 5.74) is 6.06. The average molecular weight is 266 g/mol. The monoisotopic (exact) mass is 266 g/mol. The summed E-state index contributed by atoms with van der Waals surface area (Å²) in [5, 5.41) is 8.88. The number of aromatic carboxylic acids is 1. The van der Waals surface area contributed by atoms with Crippen molar-refractivity contribution in [3.05, 3.63) is 17.8 Å². The fourth-order valence-corrected chi connectivity index (χ4v) is 1.78. The number of carbonyl (C=O) groups is 1. The highest BCUT2D eigenvalue weighted by Crippen LogP contribution is 2.21. The van der Waals surface area contributed by atoms with Crippen molar-refractivity contribution < 1.29 is 14.6 Å². The van der Waals surface area contributed by atoms with Gasteiger partial charge in [-0.25, -0.2) is 9.78 Å². The molecule has 5 heteroatoms. The summed E-state index contributed by atoms with van der Waals surface area (Å²) < 4.78 is 5.58. The zero-order valence-corrected chi connectivity index (χ0v) is 11.6. The summed E-state index contributed by atoms with van der Waals surface area (Å²) >= 11 is 0. The van der Waals surface area contributed by atoms with Gasteiger partial charge in [0.1, 0.15) is 0 Å². The minimum Gasteiger partial charge on any atom is -0.477 e. The maximum atomic E-state index is 10.8. The predicted molar refractivity (Wildman–Crippen MR) is 74.4 cm³/mol. The molecule has 0 saturated heterocycles. The molecular weight excluding hydrogens is 244 g/mol. The van der Waals surface area contributed by atoms with Gasteiger partial charge in [0.2, 0.25) is 5.88 Å². The topological polar surface area (TPSA) is 85.4 Å². The van der Waals surface area contributed by atoms with Crippen molar-refractivity contribution in [1.29, 1.82) is 0 Å². The summed E-state index contributed by atoms with van der Waals surface area (Å²) in [4.78, 5) is 14.8. The highest BCUT2D eigenvalue weighted by molar-refractivity contribution is 5.86. The molecule has 0 aliphatic heterocycles. The van der Waals surface area contributed by atoms with Crippen molar-refractivity contribution in [2.24, 2.45) is 5.92 Å². The minimum absolute atomic E-state index is 0.0502. The van der Waals surface area contributed by atoms with Crippen LogP contribution in [0.25, 0.3) is 0 Å². The highest BCUT2D eigenvalue weighted by Gasteiger charge is 2.12. The number of carboxylic acids is 1. The lowest BCUT2D eigenvalue weighted by Crippen LogP contribution is -2.14. The fourth-order valence-electron chi connectivity index (χ4n) is 1.78. The van der Waals surface area contributed by atoms with Crippen LogP contribution in [0.3, 0.4) is 0 Å². The van der Waals surface area contributed by atoms with E-state index in [9.17, 15) is 4.79 Å². The lowest BCUT2D eigenvalue weighted by atomic mass is 10.0. The lowest BCUT2D eigenvalue weighted by molar-refractivity contribution is 0.0689. The number of aromatic nitrogens is 1. The summed E-state index contributed by atoms with van der Waals surface area (Å²) in [6.07, 6.45) is 4.45. The minimum atomic E-state index is -1.08. The summed E-state index contributed by atoms with van der Waals surface area (Å²) in [6.45, 7) is 4.80. The van der Waals surface area contributed by atoms with Crippen molar-refractivity contribution in [3.63, 3.8) is 0 Å². The smallest absolute Gasteiger partial charge is 0.354 e. The Morgan fingerprint density at radius 3 is 2.79 bits per heavy atom. The number of rotatable bonds is 8. The van der Waals surface area contributed by atoms with Crippen LogP contribution in [0, 0.1) is 5.92 Å². The van der Waals surface area contributed by atoms with Gasteiger partial charge >= 0.3 is 5.97 Å². The van der Waals surface area contributed by atoms with Gasteiger partial charge in [0.05, 0.1) is 12.3 Å². The van der Waals surface area contributed by atoms with E-state index in [1.807, 2.05) is 0 Å². The van der Waals surface area contributed by atoms with E-state index in [1.165, 1.54) is 18.6 Å². The summed E-state index contributed by atoms with van der Waals surface area (Å²) in [6, 6.07) is 2.89. The molecule has 1 heterocycles. The van der Waals surface area contributed by atoms with E-state index >= 15 is 0 Å². The van der Waals surface area contributed by atoms with E-state index < -0.39 is 5.97 Å². The first-order valence-corrected chi connectivity index (χ1v) is 6.71. The zero-order valence-electron chi connectivity index (χ0n) is 11.6. The SMILES string of the molecule is CCCCC(CC)COc1nc(C(=O)O)ccc1N. The Hall–Kier alpha value is -1.78. The normalized spacial score (nSPS) is 12.1. The third-order valence-corrected chi connectivity index (χ3v) is 3.11. The van der Waals surface area contributed by atoms with Crippen molar-refractivity contribution in [2.45, 2.75) is 39.5 Å². The second-order valence-electron chi connectivity index (χ2n) is 4.62. The van der Waals surface area contributed by atoms with Gasteiger partial charge < -0.3 is 15.6 Å². The highest BCUT2D eigenvalue weighted by atomic mass is 16.5. The van der Waals surface area contributed by atoms with Gasteiger partial charge in [0.15, 0.2) is 5.69 Å². The predicted octanol–water partition coefficient (Wildman–Crippen LogP) is 2.96. The molecule has 1 aromatic heterocycles. The van der Waals surface area contributed by atoms with Crippen LogP contribution in [0.2, 0.25) is 0 Å². The number of pyridine rings is 1. The van der Waals surface area contributed by atoms with E-state index in [1.54, 1.807) is 0 Å². The van der Waals surface area contributed by atoms with Crippen molar-refractivity contribution in [3.8, 4) is 5.88 Å². The molecule has 1 atom stereocenters. The number of nitrogens with zero attached hydrogens (tertiary/aromatic N) is 1. The van der Waals surface area contributed by atoms with Crippen molar-refractivity contribution in [1.82, 2.24) is 4.98 Å². The Morgan fingerprint density at radius 2 is 2.21 bits per heavy atom. The number of unbranched alkanes of at least 4 members (excludes halogenated alkanes) is 1. The van der Waals surface area contributed by atoms with Gasteiger partial charge in [-0.2, -0.15) is 0 Å². The number of hydrogen-bond acceptors (Lipinski definition) is 4. The Bertz CT molecular complexity index is 421. The third-order valence-electron chi connectivity index (χ3n) is 3.11. The standard InChI is InChI=1S/C14H22N2O3/c1-3-5-6-10(4-2)9-19-13-11(15)7-8-12(16-13)14(17)18/h7-8,10H,3-6,9,15H2,1-2H3,(H,17,18). The van der Waals surface area contributed by atoms with Gasteiger partial charge in [0.25, 0.3) is 0 Å². The summed E-state index contributed by atoms with van der Waals surface area (Å²) in [5.74, 6) is -0.410. The van der Waals surface area contributed by atoms with E-state index in [0.29, 0.717) is 18.2 Å². The van der Waals surface area contributed by atoms with Crippen LogP contribution in [0.15, 0.2) is 12.1 Å². The average Bonchev–Trinajstić information content (AvgIpc) is 2.40. The maximum absolute atomic E-state index is 10.8. The summed E-state index contributed by atoms with van der Waals surface area (Å²) in [7, 11) is 0. The molecule has 3 N–H and O–H groups in total. The van der Waals surface area contributed by atoms with Gasteiger partial charge in [0, 0.05) is 0 Å². The molecule has 0 fully saturated rings. The molecule has 0 aromatic carbocycles. The van der Waals surface area contributed by atoms with Gasteiger partial charge in [-0.1, -0.05) is 33.1 Å². The van der Waals surface area contributed by atoms with Crippen LogP contribution >= 0.6 is 0 Å². The molecule has 1 aromatic rings. The van der Waals surface area contributed by atoms with Crippen LogP contribution in [-0.2, 0) is 0 Å². The number of ether oxygens (including phenoxy) is 1. The molecule has 0 saturated carbocycles. The molecule has 0 bridgehead atoms. The Balaban J connectivity index is 2.65. The zero-order chi connectivity index (χ0) is 14.3. The van der Waals surface area contributed by atoms with Crippen LogP contribution in [0.5, 0.6) is 5.88 Å². The molecule has 106 valence electrons. The Morgan fingerprint density at radius 1 is 1.47 bits per heavy atom. The van der Waals surface area contributed by atoms with Crippen molar-refractivity contribution >= 4 is 11.7 Å². The van der Waals surface area contributed by atoms with E-state index in [2.05, 4.69) is 18.8 Å². The van der Waals surface area contributed by atoms with Crippen LogP contribution in [0.1, 0.15) is 50.0 Å². The molecule has 0 spiro atoms. The molecule has 0 aliphatic rings. The van der Waals surface area contributed by atoms with E-state index in [4.69, 9.17) is 15.6 Å². The van der Waals surface area contributed by atoms with Gasteiger partial charge in [-0.3, -0.25) is 0 Å². The quantitative estimate of drug-likeness (QED) is 0.755. The molecule has 5 nitrogen and oxygen atoms in total. The number of nitrogens with two attached hydrogens (primary N) is 1. The largest absolute Gasteiger partial charge is 0.477 e. The van der Waals surface area contributed by atoms with Crippen molar-refractivity contribution in [2.75, 3.05) is 12.3 Å². The maximum Gasteiger partial charge on any atom is 0.354 e. The number of hydrogen-bond donors (Lipinski definition) is 2. The molecule has 19 heavy (non-hydrogen) atoms. The fraction of sp³-hybridized carbons (Fsp3) is 0.571. The second kappa shape index (κ2) is 7.61. The Labute approximate surface area is 113 Å². The van der Waals surface area contributed by atoms with E-state index in [0.717, 1.165) is 19.3 Å². The van der Waals surface area contributed by atoms with Crippen LogP contribution in [0.4, 0.5) is 5.69 Å². The first-order chi connectivity index (χ1) is 9.08. The third kappa shape index (κ3) is 4.77. The number of carboxylic acid groups (broad SMARTS) is 1. The number of anilines is 1. The molecule has 1 rings (SSSR count). The number of nitrogen functional groups attached to an aromatic ring is 1. The second-order valence-corrected chi connectivity index (χ2v) is 4.62. The van der Waals surface area contributed by atoms with Crippen LogP contribution < -0.4 is 10.5 Å². The Kier molecular flexibility index (Phi) is 6.12. The molecular formula is C14H22N2O3. The first kappa shape index (κ1) is 15.3. The molecule has 0 radical (unpaired) electrons. The van der Waals surface area contributed by atoms with Crippen LogP contribution in [-0.4, -0.2) is 22.7 Å². The van der Waals surface area contributed by atoms with E-state index in [-0.39, 0.29) is 11.6 Å². The first-order valence-electron chi connectivity index (χ1n) is 6.71. The molecule has 0 amide bonds.